The second kappa shape index (κ2) is 5.33. The van der Waals surface area contributed by atoms with Gasteiger partial charge in [-0.25, -0.2) is 9.78 Å². The van der Waals surface area contributed by atoms with Gasteiger partial charge in [0.2, 0.25) is 0 Å². The van der Waals surface area contributed by atoms with Crippen LogP contribution in [0.25, 0.3) is 11.1 Å². The zero-order valence-corrected chi connectivity index (χ0v) is 11.9. The zero-order valence-electron chi connectivity index (χ0n) is 11.9. The number of nitrogen functional groups attached to an aromatic ring is 1. The fourth-order valence-electron chi connectivity index (χ4n) is 1.71. The molecule has 0 fully saturated rings. The van der Waals surface area contributed by atoms with Crippen molar-refractivity contribution in [3.8, 4) is 11.1 Å². The number of nitrogens with zero attached hydrogens (tertiary/aromatic N) is 1. The minimum absolute atomic E-state index is 0.320. The molecule has 0 bridgehead atoms. The second-order valence-corrected chi connectivity index (χ2v) is 5.55. The Balaban J connectivity index is 2.18. The second-order valence-electron chi connectivity index (χ2n) is 5.55. The summed E-state index contributed by atoms with van der Waals surface area (Å²) in [7, 11) is 0. The van der Waals surface area contributed by atoms with Gasteiger partial charge in [-0.05, 0) is 50.6 Å². The maximum Gasteiger partial charge on any atom is 0.338 e. The summed E-state index contributed by atoms with van der Waals surface area (Å²) in [5.41, 5.74) is 7.53. The number of ether oxygens (including phenoxy) is 1. The van der Waals surface area contributed by atoms with Crippen LogP contribution in [0.5, 0.6) is 0 Å². The van der Waals surface area contributed by atoms with Gasteiger partial charge in [-0.3, -0.25) is 0 Å². The summed E-state index contributed by atoms with van der Waals surface area (Å²) in [5, 5.41) is 0. The molecular weight excluding hydrogens is 252 g/mol. The lowest BCUT2D eigenvalue weighted by atomic mass is 10.1. The highest BCUT2D eigenvalue weighted by Gasteiger charge is 2.17. The van der Waals surface area contributed by atoms with Gasteiger partial charge in [0.15, 0.2) is 0 Å². The molecule has 20 heavy (non-hydrogen) atoms. The molecule has 2 rings (SSSR count). The lowest BCUT2D eigenvalue weighted by molar-refractivity contribution is 0.00696. The summed E-state index contributed by atoms with van der Waals surface area (Å²) in [6, 6.07) is 10.9. The van der Waals surface area contributed by atoms with E-state index in [1.165, 1.54) is 0 Å². The van der Waals surface area contributed by atoms with Crippen molar-refractivity contribution in [1.82, 2.24) is 4.98 Å². The predicted octanol–water partition coefficient (Wildman–Crippen LogP) is 3.29. The summed E-state index contributed by atoms with van der Waals surface area (Å²) in [5.74, 6) is 0.165. The van der Waals surface area contributed by atoms with Gasteiger partial charge in [0.05, 0.1) is 5.56 Å². The molecule has 1 heterocycles. The largest absolute Gasteiger partial charge is 0.456 e. The normalized spacial score (nSPS) is 11.2. The van der Waals surface area contributed by atoms with Crippen LogP contribution in [-0.4, -0.2) is 16.6 Å². The van der Waals surface area contributed by atoms with E-state index in [0.717, 1.165) is 11.1 Å². The molecule has 1 aromatic heterocycles. The first-order valence-corrected chi connectivity index (χ1v) is 6.40. The van der Waals surface area contributed by atoms with Crippen LogP contribution in [0.2, 0.25) is 0 Å². The average Bonchev–Trinajstić information content (AvgIpc) is 2.38. The SMILES string of the molecule is CC(C)(C)OC(=O)c1ccc(-c2ccc(N)nc2)cc1. The first kappa shape index (κ1) is 14.1. The Morgan fingerprint density at radius 1 is 1.05 bits per heavy atom. The highest BCUT2D eigenvalue weighted by atomic mass is 16.6. The third-order valence-electron chi connectivity index (χ3n) is 2.64. The summed E-state index contributed by atoms with van der Waals surface area (Å²) in [6.45, 7) is 5.54. The minimum atomic E-state index is -0.489. The fraction of sp³-hybridized carbons (Fsp3) is 0.250. The van der Waals surface area contributed by atoms with Crippen molar-refractivity contribution in [2.45, 2.75) is 26.4 Å². The van der Waals surface area contributed by atoms with Crippen LogP contribution >= 0.6 is 0 Å². The number of hydrogen-bond acceptors (Lipinski definition) is 4. The number of carbonyl (C=O) groups excluding carboxylic acids is 1. The third-order valence-corrected chi connectivity index (χ3v) is 2.64. The molecule has 4 nitrogen and oxygen atoms in total. The van der Waals surface area contributed by atoms with Crippen LogP contribution in [0.4, 0.5) is 5.82 Å². The number of benzene rings is 1. The first-order chi connectivity index (χ1) is 9.35. The predicted molar refractivity (Wildman–Crippen MR) is 79.3 cm³/mol. The summed E-state index contributed by atoms with van der Waals surface area (Å²) in [6.07, 6.45) is 1.71. The van der Waals surface area contributed by atoms with Gasteiger partial charge in [-0.15, -0.1) is 0 Å². The van der Waals surface area contributed by atoms with E-state index in [0.29, 0.717) is 11.4 Å². The number of rotatable bonds is 2. The number of aromatic nitrogens is 1. The number of nitrogens with two attached hydrogens (primary N) is 1. The number of hydrogen-bond donors (Lipinski definition) is 1. The summed E-state index contributed by atoms with van der Waals surface area (Å²) < 4.78 is 5.32. The van der Waals surface area contributed by atoms with Crippen molar-refractivity contribution in [1.29, 1.82) is 0 Å². The molecule has 0 amide bonds. The molecule has 0 atom stereocenters. The first-order valence-electron chi connectivity index (χ1n) is 6.40. The fourth-order valence-corrected chi connectivity index (χ4v) is 1.71. The van der Waals surface area contributed by atoms with Crippen LogP contribution in [0.15, 0.2) is 42.6 Å². The molecule has 0 radical (unpaired) electrons. The average molecular weight is 270 g/mol. The molecule has 1 aromatic carbocycles. The Hall–Kier alpha value is -2.36. The lowest BCUT2D eigenvalue weighted by Crippen LogP contribution is -2.23. The van der Waals surface area contributed by atoms with Crippen LogP contribution in [0.3, 0.4) is 0 Å². The monoisotopic (exact) mass is 270 g/mol. The minimum Gasteiger partial charge on any atom is -0.456 e. The van der Waals surface area contributed by atoms with Gasteiger partial charge in [-0.1, -0.05) is 12.1 Å². The van der Waals surface area contributed by atoms with E-state index >= 15 is 0 Å². The molecule has 2 N–H and O–H groups in total. The Bertz CT molecular complexity index is 596. The van der Waals surface area contributed by atoms with Crippen molar-refractivity contribution < 1.29 is 9.53 Å². The number of esters is 1. The quantitative estimate of drug-likeness (QED) is 0.850. The van der Waals surface area contributed by atoms with Crippen LogP contribution in [0.1, 0.15) is 31.1 Å². The lowest BCUT2D eigenvalue weighted by Gasteiger charge is -2.19. The molecule has 0 saturated heterocycles. The molecule has 4 heteroatoms. The van der Waals surface area contributed by atoms with E-state index in [4.69, 9.17) is 10.5 Å². The molecular formula is C16H18N2O2. The molecule has 0 aliphatic carbocycles. The molecule has 104 valence electrons. The number of carbonyl (C=O) groups is 1. The van der Waals surface area contributed by atoms with Gasteiger partial charge in [0.25, 0.3) is 0 Å². The Morgan fingerprint density at radius 2 is 1.65 bits per heavy atom. The van der Waals surface area contributed by atoms with Crippen LogP contribution < -0.4 is 5.73 Å². The standard InChI is InChI=1S/C16H18N2O2/c1-16(2,3)20-15(19)12-6-4-11(5-7-12)13-8-9-14(17)18-10-13/h4-10H,1-3H3,(H2,17,18). The van der Waals surface area contributed by atoms with Crippen molar-refractivity contribution in [2.75, 3.05) is 5.73 Å². The molecule has 0 spiro atoms. The van der Waals surface area contributed by atoms with E-state index in [1.54, 1.807) is 24.4 Å². The van der Waals surface area contributed by atoms with Gasteiger partial charge < -0.3 is 10.5 Å². The van der Waals surface area contributed by atoms with E-state index in [2.05, 4.69) is 4.98 Å². The van der Waals surface area contributed by atoms with Crippen molar-refractivity contribution in [2.24, 2.45) is 0 Å². The molecule has 0 saturated carbocycles. The van der Waals surface area contributed by atoms with Gasteiger partial charge >= 0.3 is 5.97 Å². The maximum absolute atomic E-state index is 11.9. The number of pyridine rings is 1. The van der Waals surface area contributed by atoms with E-state index < -0.39 is 5.60 Å². The van der Waals surface area contributed by atoms with Gasteiger partial charge in [0.1, 0.15) is 11.4 Å². The zero-order chi connectivity index (χ0) is 14.8. The van der Waals surface area contributed by atoms with E-state index in [-0.39, 0.29) is 5.97 Å². The Labute approximate surface area is 118 Å². The highest BCUT2D eigenvalue weighted by Crippen LogP contribution is 2.20. The topological polar surface area (TPSA) is 65.2 Å². The number of anilines is 1. The van der Waals surface area contributed by atoms with Gasteiger partial charge in [0, 0.05) is 11.8 Å². The van der Waals surface area contributed by atoms with Crippen LogP contribution in [0, 0.1) is 0 Å². The van der Waals surface area contributed by atoms with Crippen molar-refractivity contribution >= 4 is 11.8 Å². The smallest absolute Gasteiger partial charge is 0.338 e. The third kappa shape index (κ3) is 3.57. The van der Waals surface area contributed by atoms with Crippen LogP contribution in [-0.2, 0) is 4.74 Å². The molecule has 0 aliphatic rings. The van der Waals surface area contributed by atoms with Crippen molar-refractivity contribution in [3.05, 3.63) is 48.2 Å². The maximum atomic E-state index is 11.9. The summed E-state index contributed by atoms with van der Waals surface area (Å²) in [4.78, 5) is 15.9. The summed E-state index contributed by atoms with van der Waals surface area (Å²) >= 11 is 0. The highest BCUT2D eigenvalue weighted by molar-refractivity contribution is 5.90. The van der Waals surface area contributed by atoms with Gasteiger partial charge in [-0.2, -0.15) is 0 Å². The Morgan fingerprint density at radius 3 is 2.15 bits per heavy atom. The Kier molecular flexibility index (Phi) is 3.74. The van der Waals surface area contributed by atoms with E-state index in [9.17, 15) is 4.79 Å². The van der Waals surface area contributed by atoms with E-state index in [1.807, 2.05) is 39.0 Å². The van der Waals surface area contributed by atoms with Crippen molar-refractivity contribution in [3.63, 3.8) is 0 Å². The molecule has 0 unspecified atom stereocenters. The molecule has 0 aliphatic heterocycles. The molecule has 2 aromatic rings.